The van der Waals surface area contributed by atoms with E-state index in [0.29, 0.717) is 28.0 Å². The maximum atomic E-state index is 13.9. The van der Waals surface area contributed by atoms with Gasteiger partial charge in [-0.2, -0.15) is 0 Å². The Kier molecular flexibility index (Phi) is 6.59. The summed E-state index contributed by atoms with van der Waals surface area (Å²) in [4.78, 5) is 3.32. The Bertz CT molecular complexity index is 739. The van der Waals surface area contributed by atoms with Crippen LogP contribution in [0.15, 0.2) is 42.5 Å². The fourth-order valence-electron chi connectivity index (χ4n) is 3.14. The largest absolute Gasteiger partial charge is 0.489 e. The molecule has 4 nitrogen and oxygen atoms in total. The number of aliphatic hydroxyl groups excluding tert-OH is 1. The fourth-order valence-corrected chi connectivity index (χ4v) is 3.48. The summed E-state index contributed by atoms with van der Waals surface area (Å²) in [5.74, 6) is 0.278. The zero-order valence-electron chi connectivity index (χ0n) is 14.3. The molecule has 0 radical (unpaired) electrons. The minimum Gasteiger partial charge on any atom is -0.489 e. The number of halogens is 3. The Morgan fingerprint density at radius 3 is 2.62 bits per heavy atom. The number of piperazine rings is 1. The molecule has 1 saturated heterocycles. The summed E-state index contributed by atoms with van der Waals surface area (Å²) in [7, 11) is 0. The van der Waals surface area contributed by atoms with Crippen LogP contribution in [0.1, 0.15) is 0 Å². The minimum absolute atomic E-state index is 0.153. The number of anilines is 1. The maximum Gasteiger partial charge on any atom is 0.146 e. The third-order valence-corrected chi connectivity index (χ3v) is 5.06. The Hall–Kier alpha value is -1.53. The standard InChI is InChI=1S/C19H21Cl2FN2O2/c20-14-5-6-16(21)19(11-14)26-13-15(25)12-23-7-9-24(10-8-23)18-4-2-1-3-17(18)22/h1-6,11,15,25H,7-10,12-13H2/p+1/t15-/m1/s1. The number of para-hydroxylation sites is 1. The van der Waals surface area contributed by atoms with E-state index < -0.39 is 6.10 Å². The molecule has 2 aromatic carbocycles. The Labute approximate surface area is 162 Å². The molecule has 1 aliphatic rings. The Balaban J connectivity index is 1.45. The van der Waals surface area contributed by atoms with Gasteiger partial charge in [0.25, 0.3) is 0 Å². The Morgan fingerprint density at radius 2 is 1.88 bits per heavy atom. The molecule has 0 aliphatic carbocycles. The van der Waals surface area contributed by atoms with Crippen molar-refractivity contribution in [2.24, 2.45) is 0 Å². The van der Waals surface area contributed by atoms with Crippen molar-refractivity contribution in [1.29, 1.82) is 0 Å². The normalized spacial score (nSPS) is 16.5. The van der Waals surface area contributed by atoms with Gasteiger partial charge in [0.05, 0.1) is 36.9 Å². The van der Waals surface area contributed by atoms with Gasteiger partial charge in [0.1, 0.15) is 30.8 Å². The molecule has 26 heavy (non-hydrogen) atoms. The van der Waals surface area contributed by atoms with Gasteiger partial charge in [-0.15, -0.1) is 0 Å². The van der Waals surface area contributed by atoms with Crippen LogP contribution < -0.4 is 14.5 Å². The summed E-state index contributed by atoms with van der Waals surface area (Å²) in [6.45, 7) is 3.91. The summed E-state index contributed by atoms with van der Waals surface area (Å²) in [5, 5.41) is 11.3. The molecule has 1 aliphatic heterocycles. The van der Waals surface area contributed by atoms with Gasteiger partial charge in [0, 0.05) is 11.1 Å². The van der Waals surface area contributed by atoms with E-state index in [2.05, 4.69) is 0 Å². The van der Waals surface area contributed by atoms with Crippen molar-refractivity contribution in [3.63, 3.8) is 0 Å². The molecule has 0 bridgehead atoms. The van der Waals surface area contributed by atoms with Crippen LogP contribution in [0.2, 0.25) is 10.0 Å². The first-order chi connectivity index (χ1) is 12.5. The fraction of sp³-hybridized carbons (Fsp3) is 0.368. The van der Waals surface area contributed by atoms with Crippen molar-refractivity contribution in [2.75, 3.05) is 44.2 Å². The lowest BCUT2D eigenvalue weighted by molar-refractivity contribution is -0.903. The van der Waals surface area contributed by atoms with Crippen LogP contribution in [-0.2, 0) is 0 Å². The van der Waals surface area contributed by atoms with E-state index in [9.17, 15) is 9.50 Å². The number of aliphatic hydroxyl groups is 1. The summed E-state index contributed by atoms with van der Waals surface area (Å²) in [6.07, 6.45) is -0.611. The summed E-state index contributed by atoms with van der Waals surface area (Å²) < 4.78 is 19.5. The topological polar surface area (TPSA) is 37.1 Å². The molecule has 0 amide bonds. The highest BCUT2D eigenvalue weighted by atomic mass is 35.5. The molecular weight excluding hydrogens is 378 g/mol. The van der Waals surface area contributed by atoms with Crippen LogP contribution in [0.5, 0.6) is 5.75 Å². The van der Waals surface area contributed by atoms with Gasteiger partial charge >= 0.3 is 0 Å². The maximum absolute atomic E-state index is 13.9. The van der Waals surface area contributed by atoms with Gasteiger partial charge in [-0.3, -0.25) is 0 Å². The zero-order chi connectivity index (χ0) is 18.5. The average Bonchev–Trinajstić information content (AvgIpc) is 2.64. The smallest absolute Gasteiger partial charge is 0.146 e. The van der Waals surface area contributed by atoms with E-state index in [1.165, 1.54) is 11.0 Å². The lowest BCUT2D eigenvalue weighted by Gasteiger charge is -2.34. The van der Waals surface area contributed by atoms with Gasteiger partial charge in [-0.25, -0.2) is 4.39 Å². The van der Waals surface area contributed by atoms with Crippen LogP contribution in [0.3, 0.4) is 0 Å². The van der Waals surface area contributed by atoms with Gasteiger partial charge in [-0.1, -0.05) is 35.3 Å². The molecule has 1 fully saturated rings. The highest BCUT2D eigenvalue weighted by Gasteiger charge is 2.24. The van der Waals surface area contributed by atoms with Crippen molar-refractivity contribution in [2.45, 2.75) is 6.10 Å². The van der Waals surface area contributed by atoms with Gasteiger partial charge in [0.2, 0.25) is 0 Å². The van der Waals surface area contributed by atoms with Crippen molar-refractivity contribution in [3.8, 4) is 5.75 Å². The second kappa shape index (κ2) is 8.91. The first kappa shape index (κ1) is 19.2. The van der Waals surface area contributed by atoms with Gasteiger partial charge in [-0.05, 0) is 24.3 Å². The predicted octanol–water partition coefficient (Wildman–Crippen LogP) is 2.28. The number of nitrogens with one attached hydrogen (secondary N) is 1. The van der Waals surface area contributed by atoms with Crippen molar-refractivity contribution >= 4 is 28.9 Å². The van der Waals surface area contributed by atoms with Crippen molar-refractivity contribution in [3.05, 3.63) is 58.3 Å². The number of hydrogen-bond acceptors (Lipinski definition) is 3. The van der Waals surface area contributed by atoms with Crippen LogP contribution in [0.4, 0.5) is 10.1 Å². The first-order valence-corrected chi connectivity index (χ1v) is 9.37. The van der Waals surface area contributed by atoms with Gasteiger partial charge in [0.15, 0.2) is 0 Å². The number of benzene rings is 2. The lowest BCUT2D eigenvalue weighted by Crippen LogP contribution is -3.16. The van der Waals surface area contributed by atoms with Crippen molar-refractivity contribution in [1.82, 2.24) is 0 Å². The highest BCUT2D eigenvalue weighted by molar-refractivity contribution is 6.34. The second-order valence-electron chi connectivity index (χ2n) is 6.43. The van der Waals surface area contributed by atoms with Crippen LogP contribution >= 0.6 is 23.2 Å². The summed E-state index contributed by atoms with van der Waals surface area (Å²) >= 11 is 12.0. The second-order valence-corrected chi connectivity index (χ2v) is 7.28. The predicted molar refractivity (Wildman–Crippen MR) is 102 cm³/mol. The minimum atomic E-state index is -0.611. The van der Waals surface area contributed by atoms with E-state index >= 15 is 0 Å². The number of rotatable bonds is 6. The van der Waals surface area contributed by atoms with Crippen LogP contribution in [0, 0.1) is 5.82 Å². The molecule has 140 valence electrons. The lowest BCUT2D eigenvalue weighted by atomic mass is 10.2. The van der Waals surface area contributed by atoms with E-state index in [4.69, 9.17) is 27.9 Å². The number of hydrogen-bond donors (Lipinski definition) is 2. The van der Waals surface area contributed by atoms with E-state index in [1.807, 2.05) is 11.0 Å². The quantitative estimate of drug-likeness (QED) is 0.782. The summed E-state index contributed by atoms with van der Waals surface area (Å²) in [6, 6.07) is 11.8. The molecule has 1 heterocycles. The molecule has 0 aromatic heterocycles. The third kappa shape index (κ3) is 5.01. The van der Waals surface area contributed by atoms with Crippen LogP contribution in [0.25, 0.3) is 0 Å². The van der Waals surface area contributed by atoms with Crippen molar-refractivity contribution < 1.29 is 19.1 Å². The third-order valence-electron chi connectivity index (χ3n) is 4.51. The number of nitrogens with zero attached hydrogens (tertiary/aromatic N) is 1. The van der Waals surface area contributed by atoms with E-state index in [-0.39, 0.29) is 12.4 Å². The molecule has 2 N–H and O–H groups in total. The molecule has 0 saturated carbocycles. The molecule has 3 rings (SSSR count). The summed E-state index contributed by atoms with van der Waals surface area (Å²) in [5.41, 5.74) is 0.644. The first-order valence-electron chi connectivity index (χ1n) is 8.62. The molecule has 0 unspecified atom stereocenters. The zero-order valence-corrected chi connectivity index (χ0v) is 15.8. The average molecular weight is 400 g/mol. The van der Waals surface area contributed by atoms with Gasteiger partial charge < -0.3 is 19.6 Å². The van der Waals surface area contributed by atoms with E-state index in [0.717, 1.165) is 26.2 Å². The Morgan fingerprint density at radius 1 is 1.15 bits per heavy atom. The van der Waals surface area contributed by atoms with Crippen LogP contribution in [-0.4, -0.2) is 50.5 Å². The van der Waals surface area contributed by atoms with E-state index in [1.54, 1.807) is 30.3 Å². The highest BCUT2D eigenvalue weighted by Crippen LogP contribution is 2.27. The molecule has 0 spiro atoms. The SMILES string of the molecule is O[C@@H](COc1cc(Cl)ccc1Cl)C[NH+]1CCN(c2ccccc2F)CC1. The number of ether oxygens (including phenoxy) is 1. The molecular formula is C19H22Cl2FN2O2+. The number of quaternary nitrogens is 1. The molecule has 1 atom stereocenters. The molecule has 2 aromatic rings. The monoisotopic (exact) mass is 399 g/mol. The molecule has 7 heteroatoms.